The largest absolute Gasteiger partial charge is 0.352 e. The first-order valence-electron chi connectivity index (χ1n) is 8.74. The van der Waals surface area contributed by atoms with Crippen molar-refractivity contribution in [1.82, 2.24) is 5.32 Å². The second-order valence-corrected chi connectivity index (χ2v) is 8.39. The van der Waals surface area contributed by atoms with Crippen molar-refractivity contribution in [1.29, 1.82) is 0 Å². The van der Waals surface area contributed by atoms with E-state index in [4.69, 9.17) is 11.6 Å². The molecule has 0 aromatic heterocycles. The Balaban J connectivity index is 1.57. The van der Waals surface area contributed by atoms with E-state index in [0.717, 1.165) is 17.7 Å². The predicted octanol–water partition coefficient (Wildman–Crippen LogP) is 4.25. The minimum Gasteiger partial charge on any atom is -0.352 e. The maximum Gasteiger partial charge on any atom is 0.261 e. The fourth-order valence-corrected chi connectivity index (χ4v) is 3.90. The normalized spacial score (nSPS) is 11.1. The van der Waals surface area contributed by atoms with Crippen LogP contribution in [0.3, 0.4) is 0 Å². The van der Waals surface area contributed by atoms with Gasteiger partial charge >= 0.3 is 0 Å². The van der Waals surface area contributed by atoms with E-state index in [0.29, 0.717) is 29.2 Å². The summed E-state index contributed by atoms with van der Waals surface area (Å²) in [5.74, 6) is -0.783. The van der Waals surface area contributed by atoms with E-state index in [1.807, 2.05) is 18.2 Å². The Hall–Kier alpha value is -2.90. The summed E-state index contributed by atoms with van der Waals surface area (Å²) in [6.45, 7) is 0.443. The molecule has 0 heterocycles. The van der Waals surface area contributed by atoms with Crippen LogP contribution in [0.2, 0.25) is 5.02 Å². The van der Waals surface area contributed by atoms with Gasteiger partial charge in [0.2, 0.25) is 0 Å². The highest BCUT2D eigenvalue weighted by Gasteiger charge is 2.14. The lowest BCUT2D eigenvalue weighted by molar-refractivity contribution is 0.0954. The molecule has 0 bridgehead atoms. The Kier molecular flexibility index (Phi) is 6.51. The summed E-state index contributed by atoms with van der Waals surface area (Å²) in [5.41, 5.74) is 1.72. The van der Waals surface area contributed by atoms with Gasteiger partial charge in [-0.05, 0) is 72.6 Å². The lowest BCUT2D eigenvalue weighted by Gasteiger charge is -2.09. The standard InChI is InChI=1S/C21H18ClFN2O3S/c22-17-3-1-2-15(14-17)12-13-24-21(26)16-4-8-19(9-5-16)25-29(27,28)20-10-6-18(23)7-11-20/h1-11,14,25H,12-13H2,(H,24,26). The Bertz CT molecular complexity index is 1100. The molecule has 0 aliphatic rings. The Morgan fingerprint density at radius 2 is 1.66 bits per heavy atom. The van der Waals surface area contributed by atoms with E-state index < -0.39 is 15.8 Å². The predicted molar refractivity (Wildman–Crippen MR) is 111 cm³/mol. The molecule has 3 rings (SSSR count). The zero-order valence-electron chi connectivity index (χ0n) is 15.2. The van der Waals surface area contributed by atoms with Crippen LogP contribution in [0.15, 0.2) is 77.7 Å². The number of amides is 1. The number of nitrogens with one attached hydrogen (secondary N) is 2. The van der Waals surface area contributed by atoms with Crippen LogP contribution in [0.4, 0.5) is 10.1 Å². The average molecular weight is 433 g/mol. The van der Waals surface area contributed by atoms with Gasteiger partial charge in [-0.15, -0.1) is 0 Å². The van der Waals surface area contributed by atoms with E-state index in [1.54, 1.807) is 6.07 Å². The van der Waals surface area contributed by atoms with Crippen LogP contribution < -0.4 is 10.0 Å². The molecular formula is C21H18ClFN2O3S. The first kappa shape index (κ1) is 20.8. The van der Waals surface area contributed by atoms with Gasteiger partial charge in [0.1, 0.15) is 5.82 Å². The molecule has 0 saturated heterocycles. The number of hydrogen-bond donors (Lipinski definition) is 2. The van der Waals surface area contributed by atoms with Crippen molar-refractivity contribution in [3.05, 3.63) is 94.8 Å². The molecule has 0 radical (unpaired) electrons. The lowest BCUT2D eigenvalue weighted by Crippen LogP contribution is -2.25. The van der Waals surface area contributed by atoms with E-state index in [9.17, 15) is 17.6 Å². The van der Waals surface area contributed by atoms with Gasteiger partial charge in [0.05, 0.1) is 4.90 Å². The number of halogens is 2. The van der Waals surface area contributed by atoms with Gasteiger partial charge in [-0.1, -0.05) is 23.7 Å². The molecule has 0 spiro atoms. The van der Waals surface area contributed by atoms with E-state index in [-0.39, 0.29) is 10.8 Å². The molecule has 0 aliphatic heterocycles. The van der Waals surface area contributed by atoms with Crippen LogP contribution in [0.25, 0.3) is 0 Å². The van der Waals surface area contributed by atoms with E-state index in [1.165, 1.54) is 36.4 Å². The molecule has 5 nitrogen and oxygen atoms in total. The third-order valence-corrected chi connectivity index (χ3v) is 5.74. The fourth-order valence-electron chi connectivity index (χ4n) is 2.63. The number of sulfonamides is 1. The summed E-state index contributed by atoms with van der Waals surface area (Å²) in [5, 5.41) is 3.46. The third-order valence-electron chi connectivity index (χ3n) is 4.11. The molecule has 29 heavy (non-hydrogen) atoms. The van der Waals surface area contributed by atoms with Crippen LogP contribution >= 0.6 is 11.6 Å². The number of benzene rings is 3. The molecule has 150 valence electrons. The summed E-state index contributed by atoms with van der Waals surface area (Å²) >= 11 is 5.94. The molecule has 0 saturated carbocycles. The topological polar surface area (TPSA) is 75.3 Å². The van der Waals surface area contributed by atoms with Crippen LogP contribution in [0.5, 0.6) is 0 Å². The van der Waals surface area contributed by atoms with Crippen molar-refractivity contribution < 1.29 is 17.6 Å². The molecular weight excluding hydrogens is 415 g/mol. The van der Waals surface area contributed by atoms with Gasteiger partial charge in [-0.3, -0.25) is 9.52 Å². The number of carbonyl (C=O) groups is 1. The fraction of sp³-hybridized carbons (Fsp3) is 0.0952. The molecule has 3 aromatic carbocycles. The second kappa shape index (κ2) is 9.07. The SMILES string of the molecule is O=C(NCCc1cccc(Cl)c1)c1ccc(NS(=O)(=O)c2ccc(F)cc2)cc1. The minimum atomic E-state index is -3.84. The molecule has 8 heteroatoms. The first-order valence-corrected chi connectivity index (χ1v) is 10.6. The third kappa shape index (κ3) is 5.79. The summed E-state index contributed by atoms with van der Waals surface area (Å²) in [6.07, 6.45) is 0.641. The quantitative estimate of drug-likeness (QED) is 0.586. The monoisotopic (exact) mass is 432 g/mol. The molecule has 3 aromatic rings. The smallest absolute Gasteiger partial charge is 0.261 e. The van der Waals surface area contributed by atoms with Gasteiger partial charge in [-0.2, -0.15) is 0 Å². The van der Waals surface area contributed by atoms with Crippen molar-refractivity contribution in [2.45, 2.75) is 11.3 Å². The van der Waals surface area contributed by atoms with E-state index >= 15 is 0 Å². The minimum absolute atomic E-state index is 0.0539. The zero-order chi connectivity index (χ0) is 20.9. The van der Waals surface area contributed by atoms with Gasteiger partial charge in [0, 0.05) is 22.8 Å². The highest BCUT2D eigenvalue weighted by Crippen LogP contribution is 2.17. The first-order chi connectivity index (χ1) is 13.8. The number of anilines is 1. The lowest BCUT2D eigenvalue weighted by atomic mass is 10.1. The van der Waals surface area contributed by atoms with E-state index in [2.05, 4.69) is 10.0 Å². The van der Waals surface area contributed by atoms with Crippen molar-refractivity contribution >= 4 is 33.2 Å². The maximum absolute atomic E-state index is 13.0. The highest BCUT2D eigenvalue weighted by molar-refractivity contribution is 7.92. The zero-order valence-corrected chi connectivity index (χ0v) is 16.8. The summed E-state index contributed by atoms with van der Waals surface area (Å²) < 4.78 is 40.0. The van der Waals surface area contributed by atoms with Crippen molar-refractivity contribution in [2.75, 3.05) is 11.3 Å². The molecule has 0 atom stereocenters. The van der Waals surface area contributed by atoms with Crippen LogP contribution in [0, 0.1) is 5.82 Å². The van der Waals surface area contributed by atoms with Crippen LogP contribution in [-0.4, -0.2) is 20.9 Å². The molecule has 0 unspecified atom stereocenters. The Morgan fingerprint density at radius 1 is 0.966 bits per heavy atom. The van der Waals surface area contributed by atoms with Crippen molar-refractivity contribution in [2.24, 2.45) is 0 Å². The van der Waals surface area contributed by atoms with Crippen molar-refractivity contribution in [3.63, 3.8) is 0 Å². The molecule has 0 aliphatic carbocycles. The number of rotatable bonds is 7. The number of hydrogen-bond acceptors (Lipinski definition) is 3. The van der Waals surface area contributed by atoms with Gasteiger partial charge < -0.3 is 5.32 Å². The summed E-state index contributed by atoms with van der Waals surface area (Å²) in [7, 11) is -3.84. The van der Waals surface area contributed by atoms with Gasteiger partial charge in [0.25, 0.3) is 15.9 Å². The van der Waals surface area contributed by atoms with Crippen LogP contribution in [-0.2, 0) is 16.4 Å². The molecule has 1 amide bonds. The molecule has 2 N–H and O–H groups in total. The van der Waals surface area contributed by atoms with Gasteiger partial charge in [-0.25, -0.2) is 12.8 Å². The van der Waals surface area contributed by atoms with Crippen molar-refractivity contribution in [3.8, 4) is 0 Å². The summed E-state index contributed by atoms with van der Waals surface area (Å²) in [6, 6.07) is 18.0. The second-order valence-electron chi connectivity index (χ2n) is 6.27. The average Bonchev–Trinajstić information content (AvgIpc) is 2.68. The number of carbonyl (C=O) groups excluding carboxylic acids is 1. The Morgan fingerprint density at radius 3 is 2.31 bits per heavy atom. The van der Waals surface area contributed by atoms with Crippen LogP contribution in [0.1, 0.15) is 15.9 Å². The Labute approximate surface area is 173 Å². The van der Waals surface area contributed by atoms with Gasteiger partial charge in [0.15, 0.2) is 0 Å². The summed E-state index contributed by atoms with van der Waals surface area (Å²) in [4.78, 5) is 12.2. The highest BCUT2D eigenvalue weighted by atomic mass is 35.5. The molecule has 0 fully saturated rings. The maximum atomic E-state index is 13.0.